The molecule has 0 radical (unpaired) electrons. The highest BCUT2D eigenvalue weighted by Crippen LogP contribution is 2.55. The Morgan fingerprint density at radius 3 is 1.00 bits per heavy atom. The summed E-state index contributed by atoms with van der Waals surface area (Å²) in [6.45, 7) is 13.3. The van der Waals surface area contributed by atoms with Crippen LogP contribution in [0, 0.1) is 41.5 Å². The minimum Gasteiger partial charge on any atom is -0.141 e. The van der Waals surface area contributed by atoms with Crippen LogP contribution in [-0.2, 0) is 0 Å². The second kappa shape index (κ2) is 15.0. The summed E-state index contributed by atoms with van der Waals surface area (Å²) in [6.07, 6.45) is 0. The van der Waals surface area contributed by atoms with Crippen molar-refractivity contribution in [3.63, 3.8) is 0 Å². The van der Waals surface area contributed by atoms with Gasteiger partial charge < -0.3 is 0 Å². The zero-order valence-corrected chi connectivity index (χ0v) is 39.5. The summed E-state index contributed by atoms with van der Waals surface area (Å²) in [7, 11) is 0. The molecule has 10 aromatic heterocycles. The van der Waals surface area contributed by atoms with Gasteiger partial charge in [0.25, 0.3) is 0 Å². The SMILES string of the molecule is Cc1ccc(-c2ccc(-c3cc(-c4sc(-c5cc(-c6ccc(C)s6)c(-c6cc(-c7ccc(C)s7)c(-c7ccc(C)s7)s6)s5)cc4-c4ccc(C)s4)sc3C)s2)s1. The fourth-order valence-electron chi connectivity index (χ4n) is 6.94. The lowest BCUT2D eigenvalue weighted by Gasteiger charge is -1.98. The van der Waals surface area contributed by atoms with Crippen LogP contribution in [0.2, 0.25) is 0 Å². The zero-order chi connectivity index (χ0) is 38.2. The molecule has 0 fully saturated rings. The molecule has 0 aromatic carbocycles. The Balaban J connectivity index is 1.10. The summed E-state index contributed by atoms with van der Waals surface area (Å²) >= 11 is 19.2. The maximum Gasteiger partial charge on any atom is 0.0536 e. The number of aryl methyl sites for hydroxylation is 6. The first-order chi connectivity index (χ1) is 27.1. The van der Waals surface area contributed by atoms with E-state index in [2.05, 4.69) is 139 Å². The molecule has 10 aromatic rings. The predicted octanol–water partition coefficient (Wildman–Crippen LogP) is 19.2. The van der Waals surface area contributed by atoms with Crippen LogP contribution in [0.4, 0.5) is 0 Å². The van der Waals surface area contributed by atoms with Gasteiger partial charge in [-0.1, -0.05) is 0 Å². The molecule has 0 amide bonds. The molecule has 0 spiro atoms. The van der Waals surface area contributed by atoms with E-state index in [4.69, 9.17) is 0 Å². The highest BCUT2D eigenvalue weighted by atomic mass is 32.1. The zero-order valence-electron chi connectivity index (χ0n) is 31.3. The Morgan fingerprint density at radius 2 is 0.536 bits per heavy atom. The number of rotatable bonds is 9. The van der Waals surface area contributed by atoms with Gasteiger partial charge in [0.05, 0.1) is 14.6 Å². The van der Waals surface area contributed by atoms with Crippen LogP contribution in [-0.4, -0.2) is 0 Å². The van der Waals surface area contributed by atoms with Crippen LogP contribution in [0.25, 0.3) is 90.5 Å². The second-order valence-electron chi connectivity index (χ2n) is 13.9. The Morgan fingerprint density at radius 1 is 0.232 bits per heavy atom. The predicted molar refractivity (Wildman–Crippen MR) is 263 cm³/mol. The fraction of sp³-hybridized carbons (Fsp3) is 0.130. The molecule has 0 N–H and O–H groups in total. The van der Waals surface area contributed by atoms with E-state index in [0.29, 0.717) is 0 Å². The van der Waals surface area contributed by atoms with Crippen molar-refractivity contribution in [1.29, 1.82) is 0 Å². The quantitative estimate of drug-likeness (QED) is 0.135. The van der Waals surface area contributed by atoms with Gasteiger partial charge in [-0.25, -0.2) is 0 Å². The van der Waals surface area contributed by atoms with Crippen molar-refractivity contribution in [2.45, 2.75) is 41.5 Å². The molecule has 0 aliphatic carbocycles. The molecule has 0 aliphatic rings. The van der Waals surface area contributed by atoms with Crippen molar-refractivity contribution in [2.75, 3.05) is 0 Å². The van der Waals surface area contributed by atoms with E-state index < -0.39 is 0 Å². The topological polar surface area (TPSA) is 0 Å². The fourth-order valence-corrected chi connectivity index (χ4v) is 17.8. The van der Waals surface area contributed by atoms with Crippen molar-refractivity contribution in [1.82, 2.24) is 0 Å². The highest BCUT2D eigenvalue weighted by Gasteiger charge is 2.25. The Bertz CT molecular complexity index is 2950. The minimum absolute atomic E-state index is 1.34. The van der Waals surface area contributed by atoms with E-state index in [9.17, 15) is 0 Å². The van der Waals surface area contributed by atoms with Crippen molar-refractivity contribution < 1.29 is 0 Å². The van der Waals surface area contributed by atoms with E-state index in [1.54, 1.807) is 0 Å². The molecule has 0 aliphatic heterocycles. The van der Waals surface area contributed by atoms with E-state index in [1.807, 2.05) is 113 Å². The summed E-state index contributed by atoms with van der Waals surface area (Å²) < 4.78 is 0. The molecular weight excluding hydrogens is 873 g/mol. The third kappa shape index (κ3) is 7.00. The normalized spacial score (nSPS) is 11.8. The maximum atomic E-state index is 2.48. The van der Waals surface area contributed by atoms with Crippen molar-refractivity contribution >= 4 is 113 Å². The Labute approximate surface area is 368 Å². The molecule has 278 valence electrons. The average Bonchev–Trinajstić information content (AvgIpc) is 4.00. The summed E-state index contributed by atoms with van der Waals surface area (Å²) in [6, 6.07) is 37.3. The largest absolute Gasteiger partial charge is 0.141 e. The standard InChI is InChI=1S/C46H34S10/c1-23-7-12-34(47-23)30-20-40(54-45(30)42-19-29(28(6)52-42)33-17-18-38(53-33)37-15-10-26(4)50-37)41-21-31(35-13-8-24(2)48-35)46(55-41)43-22-32(36-14-9-25(3)49-36)44(56-43)39-16-11-27(5)51-39/h7-22H,1-6H3. The van der Waals surface area contributed by atoms with Gasteiger partial charge in [0.2, 0.25) is 0 Å². The highest BCUT2D eigenvalue weighted by molar-refractivity contribution is 7.31. The minimum atomic E-state index is 1.34. The number of thiophene rings is 10. The lowest BCUT2D eigenvalue weighted by molar-refractivity contribution is 1.63. The molecule has 0 saturated heterocycles. The van der Waals surface area contributed by atoms with Gasteiger partial charge in [0.1, 0.15) is 0 Å². The number of hydrogen-bond donors (Lipinski definition) is 0. The molecule has 0 unspecified atom stereocenters. The van der Waals surface area contributed by atoms with Gasteiger partial charge in [0.15, 0.2) is 0 Å². The molecule has 10 heterocycles. The monoisotopic (exact) mass is 906 g/mol. The molecule has 56 heavy (non-hydrogen) atoms. The van der Waals surface area contributed by atoms with E-state index >= 15 is 0 Å². The lowest BCUT2D eigenvalue weighted by Crippen LogP contribution is -1.71. The van der Waals surface area contributed by atoms with Crippen molar-refractivity contribution in [2.24, 2.45) is 0 Å². The van der Waals surface area contributed by atoms with Crippen LogP contribution in [0.3, 0.4) is 0 Å². The van der Waals surface area contributed by atoms with Crippen molar-refractivity contribution in [3.05, 3.63) is 126 Å². The molecule has 0 atom stereocenters. The van der Waals surface area contributed by atoms with Gasteiger partial charge in [-0.3, -0.25) is 0 Å². The van der Waals surface area contributed by atoms with Gasteiger partial charge >= 0.3 is 0 Å². The molecular formula is C46H34S10. The summed E-state index contributed by atoms with van der Waals surface area (Å²) in [5, 5.41) is 0. The first-order valence-corrected chi connectivity index (χ1v) is 26.3. The van der Waals surface area contributed by atoms with Crippen LogP contribution in [0.1, 0.15) is 29.3 Å². The maximum absolute atomic E-state index is 2.48. The average molecular weight is 907 g/mol. The molecule has 10 heteroatoms. The molecule has 0 nitrogen and oxygen atoms in total. The second-order valence-corrected chi connectivity index (χ2v) is 25.8. The number of hydrogen-bond acceptors (Lipinski definition) is 10. The Kier molecular flexibility index (Phi) is 9.98. The van der Waals surface area contributed by atoms with Gasteiger partial charge in [-0.2, -0.15) is 0 Å². The molecule has 10 rings (SSSR count). The van der Waals surface area contributed by atoms with E-state index in [0.717, 1.165) is 0 Å². The smallest absolute Gasteiger partial charge is 0.0536 e. The molecule has 0 bridgehead atoms. The van der Waals surface area contributed by atoms with Gasteiger partial charge in [-0.15, -0.1) is 113 Å². The summed E-state index contributed by atoms with van der Waals surface area (Å²) in [4.78, 5) is 27.1. The van der Waals surface area contributed by atoms with Crippen LogP contribution in [0.15, 0.2) is 97.1 Å². The van der Waals surface area contributed by atoms with E-state index in [1.165, 1.54) is 120 Å². The Hall–Kier alpha value is -3.00. The van der Waals surface area contributed by atoms with Gasteiger partial charge in [0, 0.05) is 105 Å². The summed E-state index contributed by atoms with van der Waals surface area (Å²) in [5.74, 6) is 0. The first kappa shape index (κ1) is 37.3. The van der Waals surface area contributed by atoms with Crippen molar-refractivity contribution in [3.8, 4) is 90.5 Å². The van der Waals surface area contributed by atoms with Crippen LogP contribution < -0.4 is 0 Å². The summed E-state index contributed by atoms with van der Waals surface area (Å²) in [5.41, 5.74) is 5.41. The molecule has 0 saturated carbocycles. The third-order valence-corrected chi connectivity index (χ3v) is 21.2. The van der Waals surface area contributed by atoms with Crippen LogP contribution >= 0.6 is 113 Å². The lowest BCUT2D eigenvalue weighted by atomic mass is 10.1. The van der Waals surface area contributed by atoms with Gasteiger partial charge in [-0.05, 0) is 139 Å². The third-order valence-electron chi connectivity index (χ3n) is 9.64. The first-order valence-electron chi connectivity index (χ1n) is 18.1. The van der Waals surface area contributed by atoms with E-state index in [-0.39, 0.29) is 0 Å². The van der Waals surface area contributed by atoms with Crippen LogP contribution in [0.5, 0.6) is 0 Å².